The molecule has 3 rings (SSSR count). The molecule has 1 aromatic heterocycles. The largest absolute Gasteiger partial charge is 0.573 e. The third-order valence-electron chi connectivity index (χ3n) is 5.87. The zero-order valence-corrected chi connectivity index (χ0v) is 20.9. The van der Waals surface area contributed by atoms with E-state index in [1.807, 2.05) is 26.0 Å². The van der Waals surface area contributed by atoms with E-state index in [2.05, 4.69) is 20.0 Å². The first-order chi connectivity index (χ1) is 17.2. The monoisotopic (exact) mass is 521 g/mol. The fraction of sp³-hybridized carbons (Fsp3) is 0.346. The lowest BCUT2D eigenvalue weighted by Crippen LogP contribution is -2.35. The quantitative estimate of drug-likeness (QED) is 0.394. The summed E-state index contributed by atoms with van der Waals surface area (Å²) >= 11 is 0. The Hall–Kier alpha value is -3.89. The molecule has 0 aliphatic rings. The Labute approximate surface area is 210 Å². The topological polar surface area (TPSA) is 93.3 Å². The van der Waals surface area contributed by atoms with Gasteiger partial charge in [-0.3, -0.25) is 9.59 Å². The van der Waals surface area contributed by atoms with Gasteiger partial charge in [0.15, 0.2) is 11.6 Å². The van der Waals surface area contributed by atoms with Gasteiger partial charge in [-0.25, -0.2) is 9.37 Å². The third kappa shape index (κ3) is 6.66. The number of hydrogen-bond acceptors (Lipinski definition) is 5. The SMILES string of the molecule is COc1ccc(C(C)(C)c2nc(C(=O)N[C@@H](c3ccc(OC(F)(F)F)c(F)c3)C(C)C)cc(=O)[nH]2)cc1. The second kappa shape index (κ2) is 10.6. The number of hydrogen-bond donors (Lipinski definition) is 2. The summed E-state index contributed by atoms with van der Waals surface area (Å²) in [5.74, 6) is -2.29. The molecule has 0 saturated carbocycles. The Balaban J connectivity index is 1.90. The average Bonchev–Trinajstić information content (AvgIpc) is 2.82. The normalized spacial score (nSPS) is 12.8. The molecule has 0 fully saturated rings. The van der Waals surface area contributed by atoms with Crippen LogP contribution in [0.15, 0.2) is 53.3 Å². The highest BCUT2D eigenvalue weighted by Crippen LogP contribution is 2.31. The van der Waals surface area contributed by atoms with Gasteiger partial charge in [0.25, 0.3) is 11.5 Å². The summed E-state index contributed by atoms with van der Waals surface area (Å²) in [5.41, 5.74) is -0.456. The Morgan fingerprint density at radius 2 is 1.70 bits per heavy atom. The first kappa shape index (κ1) is 27.7. The molecule has 0 unspecified atom stereocenters. The summed E-state index contributed by atoms with van der Waals surface area (Å²) in [6, 6.07) is 10.4. The zero-order chi connectivity index (χ0) is 27.5. The van der Waals surface area contributed by atoms with E-state index in [1.54, 1.807) is 33.1 Å². The molecular formula is C26H27F4N3O4. The first-order valence-corrected chi connectivity index (χ1v) is 11.3. The molecule has 2 aromatic carbocycles. The number of carbonyl (C=O) groups excluding carboxylic acids is 1. The van der Waals surface area contributed by atoms with Crippen LogP contribution in [0, 0.1) is 11.7 Å². The molecule has 0 spiro atoms. The molecule has 0 radical (unpaired) electrons. The van der Waals surface area contributed by atoms with E-state index in [9.17, 15) is 27.2 Å². The van der Waals surface area contributed by atoms with Gasteiger partial charge in [0, 0.05) is 11.5 Å². The van der Waals surface area contributed by atoms with Crippen LogP contribution in [-0.2, 0) is 5.41 Å². The number of aromatic nitrogens is 2. The summed E-state index contributed by atoms with van der Waals surface area (Å²) in [7, 11) is 1.55. The van der Waals surface area contributed by atoms with Gasteiger partial charge in [0.1, 0.15) is 17.3 Å². The molecule has 2 N–H and O–H groups in total. The van der Waals surface area contributed by atoms with E-state index in [4.69, 9.17) is 4.74 Å². The highest BCUT2D eigenvalue weighted by molar-refractivity contribution is 5.92. The highest BCUT2D eigenvalue weighted by Gasteiger charge is 2.33. The van der Waals surface area contributed by atoms with Crippen molar-refractivity contribution >= 4 is 5.91 Å². The van der Waals surface area contributed by atoms with Crippen LogP contribution in [0.1, 0.15) is 61.2 Å². The van der Waals surface area contributed by atoms with Crippen LogP contribution < -0.4 is 20.3 Å². The molecule has 1 heterocycles. The van der Waals surface area contributed by atoms with Gasteiger partial charge in [0.05, 0.1) is 13.2 Å². The predicted molar refractivity (Wildman–Crippen MR) is 128 cm³/mol. The summed E-state index contributed by atoms with van der Waals surface area (Å²) < 4.78 is 60.6. The fourth-order valence-electron chi connectivity index (χ4n) is 3.78. The van der Waals surface area contributed by atoms with E-state index in [-0.39, 0.29) is 23.0 Å². The Morgan fingerprint density at radius 3 is 2.24 bits per heavy atom. The van der Waals surface area contributed by atoms with Crippen LogP contribution in [0.4, 0.5) is 17.6 Å². The number of halogens is 4. The lowest BCUT2D eigenvalue weighted by Gasteiger charge is -2.26. The standard InChI is InChI=1S/C26H27F4N3O4/c1-14(2)22(15-6-11-20(18(27)12-15)37-26(28,29)30)33-23(35)19-13-21(34)32-24(31-19)25(3,4)16-7-9-17(36-5)10-8-16/h6-14,22H,1-5H3,(H,33,35)(H,31,32,34)/t22-/m1/s1. The first-order valence-electron chi connectivity index (χ1n) is 11.3. The number of carbonyl (C=O) groups is 1. The number of rotatable bonds is 8. The summed E-state index contributed by atoms with van der Waals surface area (Å²) in [6.45, 7) is 7.15. The van der Waals surface area contributed by atoms with Gasteiger partial charge >= 0.3 is 6.36 Å². The molecule has 1 amide bonds. The lowest BCUT2D eigenvalue weighted by molar-refractivity contribution is -0.275. The van der Waals surface area contributed by atoms with Crippen LogP contribution in [0.5, 0.6) is 11.5 Å². The van der Waals surface area contributed by atoms with E-state index >= 15 is 0 Å². The number of ether oxygens (including phenoxy) is 2. The summed E-state index contributed by atoms with van der Waals surface area (Å²) in [4.78, 5) is 32.6. The Morgan fingerprint density at radius 1 is 1.05 bits per heavy atom. The highest BCUT2D eigenvalue weighted by atomic mass is 19.4. The van der Waals surface area contributed by atoms with Crippen molar-refractivity contribution in [1.82, 2.24) is 15.3 Å². The number of aromatic amines is 1. The molecule has 0 aliphatic heterocycles. The minimum absolute atomic E-state index is 0.163. The van der Waals surface area contributed by atoms with Crippen LogP contribution >= 0.6 is 0 Å². The molecule has 11 heteroatoms. The molecule has 0 saturated heterocycles. The molecule has 198 valence electrons. The van der Waals surface area contributed by atoms with Crippen LogP contribution in [-0.4, -0.2) is 29.3 Å². The number of amides is 1. The molecule has 37 heavy (non-hydrogen) atoms. The molecule has 1 atom stereocenters. The van der Waals surface area contributed by atoms with Gasteiger partial charge in [-0.05, 0) is 55.2 Å². The number of alkyl halides is 3. The Bertz CT molecular complexity index is 1320. The molecule has 0 aliphatic carbocycles. The van der Waals surface area contributed by atoms with Gasteiger partial charge in [-0.1, -0.05) is 32.0 Å². The van der Waals surface area contributed by atoms with E-state index in [1.165, 1.54) is 6.07 Å². The van der Waals surface area contributed by atoms with Gasteiger partial charge in [0.2, 0.25) is 0 Å². The number of methoxy groups -OCH3 is 1. The zero-order valence-electron chi connectivity index (χ0n) is 20.9. The summed E-state index contributed by atoms with van der Waals surface area (Å²) in [5, 5.41) is 2.70. The summed E-state index contributed by atoms with van der Waals surface area (Å²) in [6.07, 6.45) is -5.04. The maximum Gasteiger partial charge on any atom is 0.573 e. The number of nitrogens with zero attached hydrogens (tertiary/aromatic N) is 1. The maximum absolute atomic E-state index is 14.3. The van der Waals surface area contributed by atoms with Crippen LogP contribution in [0.2, 0.25) is 0 Å². The van der Waals surface area contributed by atoms with Crippen molar-refractivity contribution < 1.29 is 31.8 Å². The number of nitrogens with one attached hydrogen (secondary N) is 2. The molecule has 0 bridgehead atoms. The van der Waals surface area contributed by atoms with E-state index in [0.717, 1.165) is 23.8 Å². The van der Waals surface area contributed by atoms with Crippen LogP contribution in [0.25, 0.3) is 0 Å². The number of H-pyrrole nitrogens is 1. The second-order valence-electron chi connectivity index (χ2n) is 9.27. The van der Waals surface area contributed by atoms with Gasteiger partial charge in [-0.15, -0.1) is 13.2 Å². The average molecular weight is 522 g/mol. The van der Waals surface area contributed by atoms with Crippen molar-refractivity contribution in [3.8, 4) is 11.5 Å². The van der Waals surface area contributed by atoms with Crippen molar-refractivity contribution in [3.63, 3.8) is 0 Å². The lowest BCUT2D eigenvalue weighted by atomic mass is 9.83. The molecular weight excluding hydrogens is 494 g/mol. The Kier molecular flexibility index (Phi) is 7.94. The second-order valence-corrected chi connectivity index (χ2v) is 9.27. The van der Waals surface area contributed by atoms with Gasteiger partial charge < -0.3 is 19.8 Å². The minimum Gasteiger partial charge on any atom is -0.497 e. The van der Waals surface area contributed by atoms with E-state index < -0.39 is 40.9 Å². The number of benzene rings is 2. The van der Waals surface area contributed by atoms with Crippen molar-refractivity contribution in [1.29, 1.82) is 0 Å². The van der Waals surface area contributed by atoms with E-state index in [0.29, 0.717) is 5.75 Å². The third-order valence-corrected chi connectivity index (χ3v) is 5.87. The van der Waals surface area contributed by atoms with Gasteiger partial charge in [-0.2, -0.15) is 0 Å². The molecule has 3 aromatic rings. The van der Waals surface area contributed by atoms with Crippen molar-refractivity contribution in [2.75, 3.05) is 7.11 Å². The minimum atomic E-state index is -5.04. The maximum atomic E-state index is 14.3. The fourth-order valence-corrected chi connectivity index (χ4v) is 3.78. The van der Waals surface area contributed by atoms with Crippen molar-refractivity contribution in [2.24, 2.45) is 5.92 Å². The van der Waals surface area contributed by atoms with Crippen molar-refractivity contribution in [2.45, 2.75) is 45.5 Å². The van der Waals surface area contributed by atoms with Crippen molar-refractivity contribution in [3.05, 3.63) is 87.3 Å². The molecule has 7 nitrogen and oxygen atoms in total. The predicted octanol–water partition coefficient (Wildman–Crippen LogP) is 5.27. The smallest absolute Gasteiger partial charge is 0.497 e. The van der Waals surface area contributed by atoms with Crippen LogP contribution in [0.3, 0.4) is 0 Å².